The lowest BCUT2D eigenvalue weighted by Crippen LogP contribution is -2.45. The first-order valence-corrected chi connectivity index (χ1v) is 6.78. The Bertz CT molecular complexity index is 462. The van der Waals surface area contributed by atoms with Gasteiger partial charge in [0.2, 0.25) is 0 Å². The number of furan rings is 1. The van der Waals surface area contributed by atoms with E-state index >= 15 is 0 Å². The Balaban J connectivity index is 0.00000400. The summed E-state index contributed by atoms with van der Waals surface area (Å²) >= 11 is 0. The number of carbonyl (C=O) groups is 2. The van der Waals surface area contributed by atoms with Crippen molar-refractivity contribution in [3.63, 3.8) is 0 Å². The van der Waals surface area contributed by atoms with Gasteiger partial charge in [-0.25, -0.2) is 4.79 Å². The fraction of sp³-hybridized carbons (Fsp3) is 0.571. The van der Waals surface area contributed by atoms with Crippen LogP contribution in [0.5, 0.6) is 0 Å². The highest BCUT2D eigenvalue weighted by Crippen LogP contribution is 2.12. The van der Waals surface area contributed by atoms with E-state index < -0.39 is 12.0 Å². The number of nitrogens with two attached hydrogens (primary N) is 1. The molecule has 6 nitrogen and oxygen atoms in total. The molecule has 0 spiro atoms. The standard InChI is InChI=1S/C14H22N2O4.ClH/c1-4-9(3)12(14(18)19-5-2)16-13(17)10-6-11(7-15)20-8-10;/h6,8-9,12H,4-5,7,15H2,1-3H3,(H,16,17);1H. The van der Waals surface area contributed by atoms with E-state index in [1.807, 2.05) is 13.8 Å². The predicted molar refractivity (Wildman–Crippen MR) is 81.2 cm³/mol. The maximum Gasteiger partial charge on any atom is 0.328 e. The van der Waals surface area contributed by atoms with E-state index in [2.05, 4.69) is 5.32 Å². The van der Waals surface area contributed by atoms with E-state index in [1.54, 1.807) is 13.0 Å². The average Bonchev–Trinajstić information content (AvgIpc) is 2.92. The second-order valence-electron chi connectivity index (χ2n) is 4.59. The van der Waals surface area contributed by atoms with Crippen LogP contribution in [0.4, 0.5) is 0 Å². The van der Waals surface area contributed by atoms with Crippen molar-refractivity contribution in [3.05, 3.63) is 23.7 Å². The molecule has 0 aliphatic rings. The molecule has 0 aromatic carbocycles. The van der Waals surface area contributed by atoms with Crippen molar-refractivity contribution in [1.82, 2.24) is 5.32 Å². The van der Waals surface area contributed by atoms with Crippen LogP contribution >= 0.6 is 12.4 Å². The van der Waals surface area contributed by atoms with Gasteiger partial charge in [0.15, 0.2) is 0 Å². The maximum atomic E-state index is 12.1. The van der Waals surface area contributed by atoms with Crippen LogP contribution in [0.25, 0.3) is 0 Å². The molecule has 2 unspecified atom stereocenters. The minimum Gasteiger partial charge on any atom is -0.467 e. The summed E-state index contributed by atoms with van der Waals surface area (Å²) in [6.45, 7) is 6.08. The van der Waals surface area contributed by atoms with E-state index in [-0.39, 0.29) is 37.4 Å². The van der Waals surface area contributed by atoms with Crippen LogP contribution in [0.2, 0.25) is 0 Å². The van der Waals surface area contributed by atoms with Crippen LogP contribution in [-0.2, 0) is 16.1 Å². The number of carbonyl (C=O) groups excluding carboxylic acids is 2. The number of esters is 1. The molecule has 0 aliphatic heterocycles. The van der Waals surface area contributed by atoms with Crippen molar-refractivity contribution in [1.29, 1.82) is 0 Å². The summed E-state index contributed by atoms with van der Waals surface area (Å²) in [5.41, 5.74) is 5.77. The van der Waals surface area contributed by atoms with Crippen LogP contribution in [0.3, 0.4) is 0 Å². The van der Waals surface area contributed by atoms with Gasteiger partial charge in [-0.15, -0.1) is 12.4 Å². The van der Waals surface area contributed by atoms with Crippen LogP contribution in [-0.4, -0.2) is 24.5 Å². The fourth-order valence-electron chi connectivity index (χ4n) is 1.73. The zero-order chi connectivity index (χ0) is 15.1. The Kier molecular flexibility index (Phi) is 8.73. The third-order valence-corrected chi connectivity index (χ3v) is 3.16. The molecule has 21 heavy (non-hydrogen) atoms. The monoisotopic (exact) mass is 318 g/mol. The lowest BCUT2D eigenvalue weighted by Gasteiger charge is -2.22. The molecule has 1 amide bonds. The second kappa shape index (κ2) is 9.41. The first kappa shape index (κ1) is 19.5. The van der Waals surface area contributed by atoms with Crippen molar-refractivity contribution in [2.75, 3.05) is 6.61 Å². The van der Waals surface area contributed by atoms with Gasteiger partial charge >= 0.3 is 5.97 Å². The maximum absolute atomic E-state index is 12.1. The first-order chi connectivity index (χ1) is 9.53. The van der Waals surface area contributed by atoms with Crippen molar-refractivity contribution >= 4 is 24.3 Å². The van der Waals surface area contributed by atoms with E-state index in [0.29, 0.717) is 11.3 Å². The highest BCUT2D eigenvalue weighted by molar-refractivity contribution is 5.96. The highest BCUT2D eigenvalue weighted by atomic mass is 35.5. The summed E-state index contributed by atoms with van der Waals surface area (Å²) in [5, 5.41) is 2.69. The fourth-order valence-corrected chi connectivity index (χ4v) is 1.73. The normalized spacial score (nSPS) is 13.0. The smallest absolute Gasteiger partial charge is 0.328 e. The summed E-state index contributed by atoms with van der Waals surface area (Å²) in [6, 6.07) is 0.900. The van der Waals surface area contributed by atoms with E-state index in [9.17, 15) is 9.59 Å². The molecule has 1 heterocycles. The second-order valence-corrected chi connectivity index (χ2v) is 4.59. The minimum atomic E-state index is -0.663. The molecule has 1 rings (SSSR count). The molecule has 1 aromatic rings. The number of nitrogens with one attached hydrogen (secondary N) is 1. The molecule has 7 heteroatoms. The molecule has 0 fully saturated rings. The topological polar surface area (TPSA) is 94.6 Å². The van der Waals surface area contributed by atoms with Gasteiger partial charge in [-0.05, 0) is 18.9 Å². The molecule has 0 radical (unpaired) electrons. The highest BCUT2D eigenvalue weighted by Gasteiger charge is 2.27. The van der Waals surface area contributed by atoms with Gasteiger partial charge in [0.05, 0.1) is 18.7 Å². The molecular weight excluding hydrogens is 296 g/mol. The lowest BCUT2D eigenvalue weighted by molar-refractivity contribution is -0.146. The van der Waals surface area contributed by atoms with Gasteiger partial charge in [0.1, 0.15) is 18.1 Å². The van der Waals surface area contributed by atoms with Gasteiger partial charge < -0.3 is 20.2 Å². The van der Waals surface area contributed by atoms with Crippen LogP contribution < -0.4 is 11.1 Å². The van der Waals surface area contributed by atoms with Crippen LogP contribution in [0.15, 0.2) is 16.7 Å². The molecule has 120 valence electrons. The van der Waals surface area contributed by atoms with Crippen molar-refractivity contribution in [2.45, 2.75) is 39.8 Å². The zero-order valence-corrected chi connectivity index (χ0v) is 13.4. The number of ether oxygens (including phenoxy) is 1. The summed E-state index contributed by atoms with van der Waals surface area (Å²) in [5.74, 6) is -0.283. The Morgan fingerprint density at radius 3 is 2.57 bits per heavy atom. The van der Waals surface area contributed by atoms with Crippen molar-refractivity contribution in [3.8, 4) is 0 Å². The molecule has 0 saturated heterocycles. The number of rotatable bonds is 7. The number of amides is 1. The summed E-state index contributed by atoms with van der Waals surface area (Å²) < 4.78 is 10.1. The van der Waals surface area contributed by atoms with Gasteiger partial charge in [-0.3, -0.25) is 4.79 Å². The van der Waals surface area contributed by atoms with Gasteiger partial charge in [0.25, 0.3) is 5.91 Å². The molecule has 0 bridgehead atoms. The van der Waals surface area contributed by atoms with Crippen LogP contribution in [0.1, 0.15) is 43.3 Å². The molecule has 0 aliphatic carbocycles. The third kappa shape index (κ3) is 5.40. The van der Waals surface area contributed by atoms with E-state index in [4.69, 9.17) is 14.9 Å². The molecule has 2 atom stereocenters. The Hall–Kier alpha value is -1.53. The van der Waals surface area contributed by atoms with Crippen LogP contribution in [0, 0.1) is 5.92 Å². The number of hydrogen-bond acceptors (Lipinski definition) is 5. The predicted octanol–water partition coefficient (Wildman–Crippen LogP) is 1.87. The molecule has 3 N–H and O–H groups in total. The summed E-state index contributed by atoms with van der Waals surface area (Å²) in [7, 11) is 0. The quantitative estimate of drug-likeness (QED) is 0.748. The summed E-state index contributed by atoms with van der Waals surface area (Å²) in [4.78, 5) is 24.0. The molecular formula is C14H23ClN2O4. The average molecular weight is 319 g/mol. The lowest BCUT2D eigenvalue weighted by atomic mass is 9.99. The Morgan fingerprint density at radius 1 is 1.43 bits per heavy atom. The summed E-state index contributed by atoms with van der Waals surface area (Å²) in [6.07, 6.45) is 2.08. The largest absolute Gasteiger partial charge is 0.467 e. The number of halogens is 1. The van der Waals surface area contributed by atoms with Gasteiger partial charge in [0, 0.05) is 0 Å². The van der Waals surface area contributed by atoms with Gasteiger partial charge in [-0.1, -0.05) is 20.3 Å². The Labute approximate surface area is 130 Å². The Morgan fingerprint density at radius 2 is 2.10 bits per heavy atom. The van der Waals surface area contributed by atoms with E-state index in [1.165, 1.54) is 6.26 Å². The third-order valence-electron chi connectivity index (χ3n) is 3.16. The van der Waals surface area contributed by atoms with Crippen molar-refractivity contribution in [2.24, 2.45) is 11.7 Å². The SMILES string of the molecule is CCOC(=O)C(NC(=O)c1coc(CN)c1)C(C)CC.Cl. The van der Waals surface area contributed by atoms with Crippen molar-refractivity contribution < 1.29 is 18.7 Å². The zero-order valence-electron chi connectivity index (χ0n) is 12.5. The minimum absolute atomic E-state index is 0. The molecule has 1 aromatic heterocycles. The first-order valence-electron chi connectivity index (χ1n) is 6.78. The van der Waals surface area contributed by atoms with E-state index in [0.717, 1.165) is 6.42 Å². The van der Waals surface area contributed by atoms with Gasteiger partial charge in [-0.2, -0.15) is 0 Å². The number of hydrogen-bond donors (Lipinski definition) is 2. The molecule has 0 saturated carbocycles.